The summed E-state index contributed by atoms with van der Waals surface area (Å²) in [5.41, 5.74) is 1.05. The molecule has 1 aromatic carbocycles. The van der Waals surface area contributed by atoms with Crippen molar-refractivity contribution >= 4 is 16.3 Å². The van der Waals surface area contributed by atoms with E-state index in [0.717, 1.165) is 35.0 Å². The number of likely N-dealkylation sites (tertiary alicyclic amines) is 1. The van der Waals surface area contributed by atoms with Crippen LogP contribution in [0.25, 0.3) is 4.96 Å². The quantitative estimate of drug-likeness (QED) is 0.698. The predicted molar refractivity (Wildman–Crippen MR) is 103 cm³/mol. The van der Waals surface area contributed by atoms with Gasteiger partial charge in [0.1, 0.15) is 22.2 Å². The molecule has 0 saturated carbocycles. The second kappa shape index (κ2) is 7.36. The molecule has 0 aliphatic carbocycles. The van der Waals surface area contributed by atoms with Crippen molar-refractivity contribution in [2.45, 2.75) is 32.2 Å². The summed E-state index contributed by atoms with van der Waals surface area (Å²) in [6.07, 6.45) is 3.63. The molecule has 0 unspecified atom stereocenters. The Morgan fingerprint density at radius 1 is 1.19 bits per heavy atom. The number of thiazole rings is 1. The second-order valence-corrected chi connectivity index (χ2v) is 7.91. The van der Waals surface area contributed by atoms with Crippen molar-refractivity contribution in [3.05, 3.63) is 34.5 Å². The van der Waals surface area contributed by atoms with Crippen molar-refractivity contribution < 1.29 is 19.5 Å². The maximum atomic E-state index is 10.9. The SMILES string of the molecule is COc1ccc([C@H](c2sc3nc(C)nn3c2O)[NH+]2CCCCC2)c(OC)c1. The molecule has 0 radical (unpaired) electrons. The average molecular weight is 390 g/mol. The molecule has 8 heteroatoms. The number of hydrogen-bond donors (Lipinski definition) is 2. The van der Waals surface area contributed by atoms with Gasteiger partial charge in [-0.15, -0.1) is 5.10 Å². The number of ether oxygens (including phenoxy) is 2. The molecule has 27 heavy (non-hydrogen) atoms. The molecule has 2 N–H and O–H groups in total. The number of aryl methyl sites for hydroxylation is 1. The zero-order chi connectivity index (χ0) is 19.0. The topological polar surface area (TPSA) is 73.3 Å². The van der Waals surface area contributed by atoms with Gasteiger partial charge < -0.3 is 19.5 Å². The van der Waals surface area contributed by atoms with Crippen molar-refractivity contribution in [3.63, 3.8) is 0 Å². The molecule has 0 bridgehead atoms. The van der Waals surface area contributed by atoms with Crippen molar-refractivity contribution in [2.24, 2.45) is 0 Å². The molecule has 4 rings (SSSR count). The van der Waals surface area contributed by atoms with E-state index in [1.807, 2.05) is 25.1 Å². The lowest BCUT2D eigenvalue weighted by Gasteiger charge is -2.31. The van der Waals surface area contributed by atoms with E-state index in [2.05, 4.69) is 10.1 Å². The summed E-state index contributed by atoms with van der Waals surface area (Å²) in [4.78, 5) is 7.46. The minimum atomic E-state index is -0.0278. The Labute approximate surface area is 162 Å². The van der Waals surface area contributed by atoms with Gasteiger partial charge in [-0.05, 0) is 38.3 Å². The number of quaternary nitrogens is 1. The number of aromatic hydroxyl groups is 1. The first-order valence-corrected chi connectivity index (χ1v) is 10.1. The van der Waals surface area contributed by atoms with Crippen molar-refractivity contribution in [2.75, 3.05) is 27.3 Å². The van der Waals surface area contributed by atoms with E-state index in [1.165, 1.54) is 35.5 Å². The number of rotatable bonds is 5. The van der Waals surface area contributed by atoms with Gasteiger partial charge in [0.15, 0.2) is 6.04 Å². The molecule has 1 aliphatic rings. The minimum Gasteiger partial charge on any atom is -0.497 e. The summed E-state index contributed by atoms with van der Waals surface area (Å²) < 4.78 is 12.6. The van der Waals surface area contributed by atoms with Crippen LogP contribution in [0.1, 0.15) is 41.6 Å². The molecule has 144 valence electrons. The van der Waals surface area contributed by atoms with Gasteiger partial charge in [0, 0.05) is 6.07 Å². The van der Waals surface area contributed by atoms with Crippen LogP contribution in [0.2, 0.25) is 0 Å². The highest BCUT2D eigenvalue weighted by atomic mass is 32.1. The standard InChI is InChI=1S/C19H24N4O3S/c1-12-20-19-23(21-12)18(24)17(27-19)16(22-9-5-4-6-10-22)14-8-7-13(25-2)11-15(14)26-3/h7-8,11,16,24H,4-6,9-10H2,1-3H3/p+1/t16-/m1/s1. The molecular weight excluding hydrogens is 364 g/mol. The van der Waals surface area contributed by atoms with Crippen LogP contribution in [0, 0.1) is 6.92 Å². The summed E-state index contributed by atoms with van der Waals surface area (Å²) in [7, 11) is 3.32. The fraction of sp³-hybridized carbons (Fsp3) is 0.474. The van der Waals surface area contributed by atoms with Crippen LogP contribution in [0.15, 0.2) is 18.2 Å². The monoisotopic (exact) mass is 389 g/mol. The molecule has 0 amide bonds. The van der Waals surface area contributed by atoms with Gasteiger partial charge in [-0.3, -0.25) is 0 Å². The van der Waals surface area contributed by atoms with E-state index < -0.39 is 0 Å². The number of fused-ring (bicyclic) bond motifs is 1. The van der Waals surface area contributed by atoms with Gasteiger partial charge in [0.25, 0.3) is 0 Å². The smallest absolute Gasteiger partial charge is 0.235 e. The molecule has 7 nitrogen and oxygen atoms in total. The largest absolute Gasteiger partial charge is 0.497 e. The number of piperidine rings is 1. The molecule has 1 saturated heterocycles. The van der Waals surface area contributed by atoms with Crippen LogP contribution in [0.3, 0.4) is 0 Å². The zero-order valence-electron chi connectivity index (χ0n) is 15.9. The fourth-order valence-corrected chi connectivity index (χ4v) is 5.11. The van der Waals surface area contributed by atoms with Crippen LogP contribution in [0.4, 0.5) is 0 Å². The first kappa shape index (κ1) is 18.1. The van der Waals surface area contributed by atoms with Gasteiger partial charge in [-0.25, -0.2) is 4.98 Å². The number of nitrogens with one attached hydrogen (secondary N) is 1. The van der Waals surface area contributed by atoms with Gasteiger partial charge in [-0.2, -0.15) is 4.52 Å². The number of hydrogen-bond acceptors (Lipinski definition) is 6. The van der Waals surface area contributed by atoms with Crippen LogP contribution in [-0.2, 0) is 0 Å². The molecule has 3 heterocycles. The summed E-state index contributed by atoms with van der Waals surface area (Å²) in [5.74, 6) is 2.36. The summed E-state index contributed by atoms with van der Waals surface area (Å²) in [6.45, 7) is 3.95. The maximum Gasteiger partial charge on any atom is 0.235 e. The van der Waals surface area contributed by atoms with Crippen molar-refractivity contribution in [1.82, 2.24) is 14.6 Å². The Morgan fingerprint density at radius 3 is 2.63 bits per heavy atom. The van der Waals surface area contributed by atoms with E-state index >= 15 is 0 Å². The van der Waals surface area contributed by atoms with Crippen molar-refractivity contribution in [1.29, 1.82) is 0 Å². The number of benzene rings is 1. The Kier molecular flexibility index (Phi) is 4.92. The zero-order valence-corrected chi connectivity index (χ0v) is 16.7. The molecule has 2 aromatic heterocycles. The third-order valence-corrected chi connectivity index (χ3v) is 6.31. The molecule has 1 aliphatic heterocycles. The van der Waals surface area contributed by atoms with Crippen LogP contribution < -0.4 is 14.4 Å². The summed E-state index contributed by atoms with van der Waals surface area (Å²) in [5, 5.41) is 15.3. The van der Waals surface area contributed by atoms with Gasteiger partial charge >= 0.3 is 0 Å². The third-order valence-electron chi connectivity index (χ3n) is 5.22. The lowest BCUT2D eigenvalue weighted by Crippen LogP contribution is -3.13. The normalized spacial score (nSPS) is 16.6. The summed E-state index contributed by atoms with van der Waals surface area (Å²) in [6, 6.07) is 5.88. The average Bonchev–Trinajstić information content (AvgIpc) is 3.20. The van der Waals surface area contributed by atoms with Gasteiger partial charge in [0.2, 0.25) is 10.8 Å². The van der Waals surface area contributed by atoms with Crippen LogP contribution in [0.5, 0.6) is 17.4 Å². The minimum absolute atomic E-state index is 0.0278. The lowest BCUT2D eigenvalue weighted by atomic mass is 9.99. The van der Waals surface area contributed by atoms with E-state index in [9.17, 15) is 5.11 Å². The molecular formula is C19H25N4O3S+. The highest BCUT2D eigenvalue weighted by Crippen LogP contribution is 2.39. The van der Waals surface area contributed by atoms with Crippen LogP contribution in [-0.4, -0.2) is 47.0 Å². The maximum absolute atomic E-state index is 10.9. The lowest BCUT2D eigenvalue weighted by molar-refractivity contribution is -0.930. The molecule has 1 atom stereocenters. The van der Waals surface area contributed by atoms with Crippen LogP contribution >= 0.6 is 11.3 Å². The van der Waals surface area contributed by atoms with E-state index in [0.29, 0.717) is 10.8 Å². The molecule has 3 aromatic rings. The van der Waals surface area contributed by atoms with Gasteiger partial charge in [-0.1, -0.05) is 11.3 Å². The first-order valence-electron chi connectivity index (χ1n) is 9.24. The summed E-state index contributed by atoms with van der Waals surface area (Å²) >= 11 is 1.50. The number of nitrogens with zero attached hydrogens (tertiary/aromatic N) is 3. The van der Waals surface area contributed by atoms with E-state index in [4.69, 9.17) is 9.47 Å². The Morgan fingerprint density at radius 2 is 1.96 bits per heavy atom. The Bertz CT molecular complexity index is 946. The highest BCUT2D eigenvalue weighted by Gasteiger charge is 2.35. The molecule has 0 spiro atoms. The van der Waals surface area contributed by atoms with Crippen molar-refractivity contribution in [3.8, 4) is 17.4 Å². The first-order chi connectivity index (χ1) is 13.1. The number of methoxy groups -OCH3 is 2. The Balaban J connectivity index is 1.86. The van der Waals surface area contributed by atoms with Gasteiger partial charge in [0.05, 0.1) is 32.9 Å². The fourth-order valence-electron chi connectivity index (χ4n) is 3.93. The highest BCUT2D eigenvalue weighted by molar-refractivity contribution is 7.17. The Hall–Kier alpha value is -2.32. The molecule has 1 fully saturated rings. The predicted octanol–water partition coefficient (Wildman–Crippen LogP) is 1.98. The number of aromatic nitrogens is 3. The van der Waals surface area contributed by atoms with E-state index in [1.54, 1.807) is 18.7 Å². The second-order valence-electron chi connectivity index (χ2n) is 6.90. The third kappa shape index (κ3) is 3.23. The van der Waals surface area contributed by atoms with E-state index in [-0.39, 0.29) is 11.9 Å².